The normalized spacial score (nSPS) is 13.3. The first kappa shape index (κ1) is 17.0. The van der Waals surface area contributed by atoms with Crippen molar-refractivity contribution in [2.75, 3.05) is 25.0 Å². The van der Waals surface area contributed by atoms with Crippen LogP contribution in [0.15, 0.2) is 18.2 Å². The van der Waals surface area contributed by atoms with Crippen molar-refractivity contribution in [2.45, 2.75) is 47.1 Å². The maximum atomic E-state index is 13.6. The minimum Gasteiger partial charge on any atom is -0.374 e. The third kappa shape index (κ3) is 5.12. The van der Waals surface area contributed by atoms with Gasteiger partial charge in [-0.05, 0) is 49.1 Å². The van der Waals surface area contributed by atoms with E-state index in [2.05, 4.69) is 51.9 Å². The van der Waals surface area contributed by atoms with Crippen LogP contribution in [-0.2, 0) is 0 Å². The highest BCUT2D eigenvalue weighted by atomic mass is 19.1. The van der Waals surface area contributed by atoms with Crippen molar-refractivity contribution in [2.24, 2.45) is 5.41 Å². The molecule has 0 aliphatic rings. The molecule has 0 radical (unpaired) electrons. The van der Waals surface area contributed by atoms with Gasteiger partial charge in [-0.2, -0.15) is 0 Å². The Morgan fingerprint density at radius 1 is 1.30 bits per heavy atom. The molecule has 20 heavy (non-hydrogen) atoms. The van der Waals surface area contributed by atoms with Crippen molar-refractivity contribution in [3.63, 3.8) is 0 Å². The predicted octanol–water partition coefficient (Wildman–Crippen LogP) is 4.37. The van der Waals surface area contributed by atoms with Crippen molar-refractivity contribution in [3.8, 4) is 0 Å². The Labute approximate surface area is 123 Å². The van der Waals surface area contributed by atoms with Crippen molar-refractivity contribution < 1.29 is 4.39 Å². The highest BCUT2D eigenvalue weighted by Crippen LogP contribution is 2.29. The molecular formula is C17H29FN2. The summed E-state index contributed by atoms with van der Waals surface area (Å²) in [5.74, 6) is -0.168. The summed E-state index contributed by atoms with van der Waals surface area (Å²) in [6.45, 7) is 12.8. The molecule has 0 saturated carbocycles. The predicted molar refractivity (Wildman–Crippen MR) is 85.8 cm³/mol. The van der Waals surface area contributed by atoms with Crippen LogP contribution in [0, 0.1) is 11.2 Å². The lowest BCUT2D eigenvalue weighted by Gasteiger charge is -2.31. The van der Waals surface area contributed by atoms with Crippen LogP contribution in [0.3, 0.4) is 0 Å². The zero-order valence-corrected chi connectivity index (χ0v) is 13.8. The molecule has 0 amide bonds. The second kappa shape index (κ2) is 7.07. The first-order valence-corrected chi connectivity index (χ1v) is 7.48. The van der Waals surface area contributed by atoms with Crippen LogP contribution in [0.4, 0.5) is 10.1 Å². The largest absolute Gasteiger partial charge is 0.374 e. The number of halogens is 1. The second-order valence-electron chi connectivity index (χ2n) is 6.80. The average Bonchev–Trinajstić information content (AvgIpc) is 2.33. The van der Waals surface area contributed by atoms with Crippen LogP contribution >= 0.6 is 0 Å². The highest BCUT2D eigenvalue weighted by molar-refractivity contribution is 5.54. The summed E-state index contributed by atoms with van der Waals surface area (Å²) in [7, 11) is 2.08. The van der Waals surface area contributed by atoms with E-state index in [0.717, 1.165) is 30.8 Å². The number of hydrogen-bond donors (Lipinski definition) is 1. The molecule has 1 atom stereocenters. The summed E-state index contributed by atoms with van der Waals surface area (Å²) in [6.07, 6.45) is 1.08. The van der Waals surface area contributed by atoms with Crippen molar-refractivity contribution >= 4 is 5.69 Å². The molecule has 1 N–H and O–H groups in total. The van der Waals surface area contributed by atoms with E-state index in [1.807, 2.05) is 6.07 Å². The number of hydrogen-bond acceptors (Lipinski definition) is 2. The lowest BCUT2D eigenvalue weighted by atomic mass is 9.95. The van der Waals surface area contributed by atoms with Crippen LogP contribution in [-0.4, -0.2) is 20.1 Å². The molecule has 1 aromatic rings. The first-order valence-electron chi connectivity index (χ1n) is 7.48. The topological polar surface area (TPSA) is 15.3 Å². The fraction of sp³-hybridized carbons (Fsp3) is 0.647. The Morgan fingerprint density at radius 3 is 2.50 bits per heavy atom. The monoisotopic (exact) mass is 280 g/mol. The van der Waals surface area contributed by atoms with Gasteiger partial charge in [-0.3, -0.25) is 0 Å². The molecule has 0 aliphatic carbocycles. The molecule has 0 fully saturated rings. The maximum Gasteiger partial charge on any atom is 0.123 e. The van der Waals surface area contributed by atoms with E-state index in [9.17, 15) is 4.39 Å². The van der Waals surface area contributed by atoms with Crippen molar-refractivity contribution in [3.05, 3.63) is 29.6 Å². The second-order valence-corrected chi connectivity index (χ2v) is 6.80. The van der Waals surface area contributed by atoms with Crippen molar-refractivity contribution in [1.82, 2.24) is 5.32 Å². The Balaban J connectivity index is 3.00. The standard InChI is InChI=1S/C17H29FN2/c1-7-10-19-13(2)15-11-14(18)8-9-16(15)20(6)12-17(3,4)5/h8-9,11,13,19H,7,10,12H2,1-6H3. The molecule has 0 aromatic heterocycles. The average molecular weight is 280 g/mol. The molecule has 1 rings (SSSR count). The van der Waals surface area contributed by atoms with Gasteiger partial charge in [0.05, 0.1) is 0 Å². The molecule has 2 nitrogen and oxygen atoms in total. The summed E-state index contributed by atoms with van der Waals surface area (Å²) >= 11 is 0. The van der Waals surface area contributed by atoms with Gasteiger partial charge in [0.25, 0.3) is 0 Å². The quantitative estimate of drug-likeness (QED) is 0.832. The number of benzene rings is 1. The van der Waals surface area contributed by atoms with Gasteiger partial charge in [0.1, 0.15) is 5.82 Å². The van der Waals surface area contributed by atoms with Gasteiger partial charge in [0.2, 0.25) is 0 Å². The third-order valence-electron chi connectivity index (χ3n) is 3.28. The molecule has 0 aliphatic heterocycles. The lowest BCUT2D eigenvalue weighted by Crippen LogP contribution is -2.31. The van der Waals surface area contributed by atoms with E-state index in [1.165, 1.54) is 0 Å². The fourth-order valence-electron chi connectivity index (χ4n) is 2.49. The van der Waals surface area contributed by atoms with Crippen LogP contribution < -0.4 is 10.2 Å². The molecular weight excluding hydrogens is 251 g/mol. The number of nitrogens with one attached hydrogen (secondary N) is 1. The van der Waals surface area contributed by atoms with E-state index in [0.29, 0.717) is 0 Å². The van der Waals surface area contributed by atoms with Gasteiger partial charge in [0.15, 0.2) is 0 Å². The minimum atomic E-state index is -0.168. The molecule has 0 spiro atoms. The van der Waals surface area contributed by atoms with Gasteiger partial charge in [-0.1, -0.05) is 27.7 Å². The Kier molecular flexibility index (Phi) is 6.00. The Hall–Kier alpha value is -1.09. The van der Waals surface area contributed by atoms with Gasteiger partial charge in [0, 0.05) is 25.3 Å². The summed E-state index contributed by atoms with van der Waals surface area (Å²) in [5, 5.41) is 3.44. The fourth-order valence-corrected chi connectivity index (χ4v) is 2.49. The maximum absolute atomic E-state index is 13.6. The molecule has 0 bridgehead atoms. The zero-order valence-electron chi connectivity index (χ0n) is 13.8. The third-order valence-corrected chi connectivity index (χ3v) is 3.28. The summed E-state index contributed by atoms with van der Waals surface area (Å²) in [4.78, 5) is 2.22. The summed E-state index contributed by atoms with van der Waals surface area (Å²) < 4.78 is 13.6. The zero-order chi connectivity index (χ0) is 15.3. The molecule has 114 valence electrons. The van der Waals surface area contributed by atoms with Crippen molar-refractivity contribution in [1.29, 1.82) is 0 Å². The van der Waals surface area contributed by atoms with Gasteiger partial charge < -0.3 is 10.2 Å². The van der Waals surface area contributed by atoms with Gasteiger partial charge in [-0.15, -0.1) is 0 Å². The van der Waals surface area contributed by atoms with Gasteiger partial charge in [-0.25, -0.2) is 4.39 Å². The Bertz CT molecular complexity index is 423. The van der Waals surface area contributed by atoms with Gasteiger partial charge >= 0.3 is 0 Å². The minimum absolute atomic E-state index is 0.156. The molecule has 1 unspecified atom stereocenters. The number of anilines is 1. The number of rotatable bonds is 6. The van der Waals surface area contributed by atoms with Crippen LogP contribution in [0.1, 0.15) is 52.6 Å². The van der Waals surface area contributed by atoms with E-state index < -0.39 is 0 Å². The van der Waals surface area contributed by atoms with E-state index in [-0.39, 0.29) is 17.3 Å². The molecule has 1 aromatic carbocycles. The smallest absolute Gasteiger partial charge is 0.123 e. The Morgan fingerprint density at radius 2 is 1.95 bits per heavy atom. The van der Waals surface area contributed by atoms with Crippen LogP contribution in [0.5, 0.6) is 0 Å². The first-order chi connectivity index (χ1) is 9.24. The molecule has 3 heteroatoms. The summed E-state index contributed by atoms with van der Waals surface area (Å²) in [6, 6.07) is 5.25. The van der Waals surface area contributed by atoms with Crippen LogP contribution in [0.25, 0.3) is 0 Å². The lowest BCUT2D eigenvalue weighted by molar-refractivity contribution is 0.418. The van der Waals surface area contributed by atoms with Crippen LogP contribution in [0.2, 0.25) is 0 Å². The van der Waals surface area contributed by atoms with E-state index >= 15 is 0 Å². The number of nitrogens with zero attached hydrogens (tertiary/aromatic N) is 1. The van der Waals surface area contributed by atoms with E-state index in [4.69, 9.17) is 0 Å². The van der Waals surface area contributed by atoms with E-state index in [1.54, 1.807) is 12.1 Å². The molecule has 0 heterocycles. The highest BCUT2D eigenvalue weighted by Gasteiger charge is 2.18. The summed E-state index contributed by atoms with van der Waals surface area (Å²) in [5.41, 5.74) is 2.35. The SMILES string of the molecule is CCCNC(C)c1cc(F)ccc1N(C)CC(C)(C)C. The molecule has 0 saturated heterocycles.